The van der Waals surface area contributed by atoms with Crippen molar-refractivity contribution < 1.29 is 22.8 Å². The summed E-state index contributed by atoms with van der Waals surface area (Å²) in [6.07, 6.45) is -4.52. The largest absolute Gasteiger partial charge is 0.405 e. The van der Waals surface area contributed by atoms with Crippen LogP contribution >= 0.6 is 23.4 Å². The summed E-state index contributed by atoms with van der Waals surface area (Å²) < 4.78 is 35.5. The van der Waals surface area contributed by atoms with Crippen LogP contribution in [-0.4, -0.2) is 30.4 Å². The number of alkyl halides is 3. The Balaban J connectivity index is 2.34. The minimum Gasteiger partial charge on any atom is -0.329 e. The third-order valence-electron chi connectivity index (χ3n) is 1.90. The summed E-state index contributed by atoms with van der Waals surface area (Å²) in [5.74, 6) is -0.849. The molecule has 0 aliphatic heterocycles. The van der Waals surface area contributed by atoms with Gasteiger partial charge in [-0.05, 0) is 12.1 Å². The number of urea groups is 1. The zero-order valence-corrected chi connectivity index (χ0v) is 11.5. The van der Waals surface area contributed by atoms with Gasteiger partial charge in [0.1, 0.15) is 6.54 Å². The van der Waals surface area contributed by atoms with Gasteiger partial charge < -0.3 is 5.32 Å². The quantitative estimate of drug-likeness (QED) is 0.837. The number of nitrogens with one attached hydrogen (secondary N) is 2. The molecule has 0 atom stereocenters. The van der Waals surface area contributed by atoms with Gasteiger partial charge in [-0.15, -0.1) is 11.8 Å². The standard InChI is InChI=1S/C11H10ClF3N2O2S/c12-7-3-1-2-4-8(7)20-5-9(18)17-10(19)16-6-11(13,14)15/h1-4H,5-6H2,(H2,16,17,18,19). The van der Waals surface area contributed by atoms with Gasteiger partial charge in [0.05, 0.1) is 10.8 Å². The van der Waals surface area contributed by atoms with E-state index in [9.17, 15) is 22.8 Å². The number of benzene rings is 1. The van der Waals surface area contributed by atoms with Crippen LogP contribution in [-0.2, 0) is 4.79 Å². The molecule has 1 aromatic rings. The summed E-state index contributed by atoms with van der Waals surface area (Å²) in [4.78, 5) is 23.0. The summed E-state index contributed by atoms with van der Waals surface area (Å²) in [5.41, 5.74) is 0. The van der Waals surface area contributed by atoms with E-state index >= 15 is 0 Å². The molecular formula is C11H10ClF3N2O2S. The van der Waals surface area contributed by atoms with E-state index in [2.05, 4.69) is 0 Å². The molecule has 2 N–H and O–H groups in total. The van der Waals surface area contributed by atoms with Crippen LogP contribution in [0.5, 0.6) is 0 Å². The number of halogens is 4. The molecule has 0 aromatic heterocycles. The Morgan fingerprint density at radius 3 is 2.50 bits per heavy atom. The van der Waals surface area contributed by atoms with Crippen LogP contribution in [0.1, 0.15) is 0 Å². The normalized spacial score (nSPS) is 11.0. The van der Waals surface area contributed by atoms with Crippen LogP contribution < -0.4 is 10.6 Å². The molecule has 1 aromatic carbocycles. The van der Waals surface area contributed by atoms with E-state index in [-0.39, 0.29) is 5.75 Å². The highest BCUT2D eigenvalue weighted by molar-refractivity contribution is 8.00. The molecule has 0 radical (unpaired) electrons. The van der Waals surface area contributed by atoms with Gasteiger partial charge in [-0.25, -0.2) is 4.79 Å². The molecule has 0 aliphatic rings. The lowest BCUT2D eigenvalue weighted by atomic mass is 10.4. The zero-order chi connectivity index (χ0) is 15.2. The second-order valence-electron chi connectivity index (χ2n) is 3.57. The van der Waals surface area contributed by atoms with E-state index < -0.39 is 24.7 Å². The average Bonchev–Trinajstić information content (AvgIpc) is 2.35. The van der Waals surface area contributed by atoms with Gasteiger partial charge in [-0.3, -0.25) is 10.1 Å². The first kappa shape index (κ1) is 16.6. The van der Waals surface area contributed by atoms with E-state index in [1.807, 2.05) is 0 Å². The Labute approximate surface area is 122 Å². The summed E-state index contributed by atoms with van der Waals surface area (Å²) in [6, 6.07) is 5.58. The van der Waals surface area contributed by atoms with Gasteiger partial charge in [0.2, 0.25) is 5.91 Å². The molecule has 110 valence electrons. The number of thioether (sulfide) groups is 1. The van der Waals surface area contributed by atoms with Crippen molar-refractivity contribution in [3.8, 4) is 0 Å². The SMILES string of the molecule is O=C(CSc1ccccc1Cl)NC(=O)NCC(F)(F)F. The Kier molecular flexibility index (Phi) is 6.15. The molecule has 9 heteroatoms. The number of carbonyl (C=O) groups is 2. The second-order valence-corrected chi connectivity index (χ2v) is 4.99. The number of imide groups is 1. The molecule has 0 saturated carbocycles. The predicted octanol–water partition coefficient (Wildman–Crippen LogP) is 2.82. The van der Waals surface area contributed by atoms with Gasteiger partial charge in [-0.1, -0.05) is 23.7 Å². The fraction of sp³-hybridized carbons (Fsp3) is 0.273. The van der Waals surface area contributed by atoms with Gasteiger partial charge in [0, 0.05) is 4.90 Å². The van der Waals surface area contributed by atoms with Crippen molar-refractivity contribution >= 4 is 35.3 Å². The van der Waals surface area contributed by atoms with Gasteiger partial charge in [-0.2, -0.15) is 13.2 Å². The number of amides is 3. The lowest BCUT2D eigenvalue weighted by Crippen LogP contribution is -2.43. The third kappa shape index (κ3) is 6.67. The van der Waals surface area contributed by atoms with Crippen molar-refractivity contribution in [2.24, 2.45) is 0 Å². The van der Waals surface area contributed by atoms with Crippen molar-refractivity contribution in [3.05, 3.63) is 29.3 Å². The average molecular weight is 327 g/mol. The van der Waals surface area contributed by atoms with Crippen LogP contribution in [0.3, 0.4) is 0 Å². The van der Waals surface area contributed by atoms with Crippen molar-refractivity contribution in [3.63, 3.8) is 0 Å². The summed E-state index contributed by atoms with van der Waals surface area (Å²) in [5, 5.41) is 3.77. The zero-order valence-electron chi connectivity index (χ0n) is 9.96. The Bertz CT molecular complexity index is 497. The van der Waals surface area contributed by atoms with Crippen LogP contribution in [0.15, 0.2) is 29.2 Å². The molecule has 0 spiro atoms. The molecule has 3 amide bonds. The van der Waals surface area contributed by atoms with Crippen LogP contribution in [0.25, 0.3) is 0 Å². The van der Waals surface area contributed by atoms with Gasteiger partial charge in [0.15, 0.2) is 0 Å². The van der Waals surface area contributed by atoms with E-state index in [0.717, 1.165) is 11.8 Å². The molecular weight excluding hydrogens is 317 g/mol. The van der Waals surface area contributed by atoms with Crippen molar-refractivity contribution in [1.29, 1.82) is 0 Å². The lowest BCUT2D eigenvalue weighted by Gasteiger charge is -2.09. The molecule has 20 heavy (non-hydrogen) atoms. The first-order valence-electron chi connectivity index (χ1n) is 5.29. The fourth-order valence-electron chi connectivity index (χ4n) is 1.09. The topological polar surface area (TPSA) is 58.2 Å². The monoisotopic (exact) mass is 326 g/mol. The van der Waals surface area contributed by atoms with E-state index in [0.29, 0.717) is 9.92 Å². The smallest absolute Gasteiger partial charge is 0.329 e. The first-order chi connectivity index (χ1) is 9.28. The molecule has 0 aliphatic carbocycles. The van der Waals surface area contributed by atoms with Crippen LogP contribution in [0.2, 0.25) is 5.02 Å². The van der Waals surface area contributed by atoms with E-state index in [1.54, 1.807) is 29.6 Å². The fourth-order valence-corrected chi connectivity index (χ4v) is 2.13. The van der Waals surface area contributed by atoms with E-state index in [1.165, 1.54) is 5.32 Å². The molecule has 4 nitrogen and oxygen atoms in total. The summed E-state index contributed by atoms with van der Waals surface area (Å²) >= 11 is 6.93. The second kappa shape index (κ2) is 7.39. The maximum atomic E-state index is 11.8. The minimum atomic E-state index is -4.52. The Hall–Kier alpha value is -1.41. The lowest BCUT2D eigenvalue weighted by molar-refractivity contribution is -0.124. The van der Waals surface area contributed by atoms with E-state index in [4.69, 9.17) is 11.6 Å². The molecule has 1 rings (SSSR count). The number of hydrogen-bond acceptors (Lipinski definition) is 3. The number of hydrogen-bond donors (Lipinski definition) is 2. The molecule has 0 unspecified atom stereocenters. The van der Waals surface area contributed by atoms with Gasteiger partial charge in [0.25, 0.3) is 0 Å². The predicted molar refractivity (Wildman–Crippen MR) is 69.8 cm³/mol. The van der Waals surface area contributed by atoms with Crippen molar-refractivity contribution in [1.82, 2.24) is 10.6 Å². The number of carbonyl (C=O) groups excluding carboxylic acids is 2. The highest BCUT2D eigenvalue weighted by Crippen LogP contribution is 2.26. The summed E-state index contributed by atoms with van der Waals surface area (Å²) in [7, 11) is 0. The molecule has 0 heterocycles. The maximum Gasteiger partial charge on any atom is 0.405 e. The first-order valence-corrected chi connectivity index (χ1v) is 6.66. The van der Waals surface area contributed by atoms with Crippen molar-refractivity contribution in [2.75, 3.05) is 12.3 Å². The minimum absolute atomic E-state index is 0.136. The third-order valence-corrected chi connectivity index (χ3v) is 3.41. The maximum absolute atomic E-state index is 11.8. The highest BCUT2D eigenvalue weighted by Gasteiger charge is 2.27. The molecule has 0 fully saturated rings. The highest BCUT2D eigenvalue weighted by atomic mass is 35.5. The summed E-state index contributed by atoms with van der Waals surface area (Å²) in [6.45, 7) is -1.50. The van der Waals surface area contributed by atoms with Crippen molar-refractivity contribution in [2.45, 2.75) is 11.1 Å². The Morgan fingerprint density at radius 1 is 1.25 bits per heavy atom. The van der Waals surface area contributed by atoms with Gasteiger partial charge >= 0.3 is 12.2 Å². The molecule has 0 bridgehead atoms. The van der Waals surface area contributed by atoms with Crippen LogP contribution in [0.4, 0.5) is 18.0 Å². The molecule has 0 saturated heterocycles. The van der Waals surface area contributed by atoms with Crippen LogP contribution in [0, 0.1) is 0 Å². The number of rotatable bonds is 4. The Morgan fingerprint density at radius 2 is 1.90 bits per heavy atom.